The minimum absolute atomic E-state index is 0.132. The van der Waals surface area contributed by atoms with Gasteiger partial charge in [-0.25, -0.2) is 8.42 Å². The molecule has 0 heterocycles. The van der Waals surface area contributed by atoms with Gasteiger partial charge in [0.25, 0.3) is 0 Å². The second-order valence-corrected chi connectivity index (χ2v) is 8.96. The highest BCUT2D eigenvalue weighted by atomic mass is 32.2. The summed E-state index contributed by atoms with van der Waals surface area (Å²) in [5, 5.41) is 2.83. The van der Waals surface area contributed by atoms with E-state index in [1.807, 2.05) is 31.2 Å². The van der Waals surface area contributed by atoms with Crippen LogP contribution in [0.3, 0.4) is 0 Å². The number of sulfonamides is 1. The standard InChI is InChI=1S/C21H26N2O3S/c1-17-9-8-10-18(15-17)22-21(24)16-23(19-11-4-2-5-12-19)27(25,26)20-13-6-3-7-14-20/h3,6-10,13-15,19H,2,4-5,11-12,16H2,1H3,(H,22,24). The molecular weight excluding hydrogens is 360 g/mol. The fourth-order valence-electron chi connectivity index (χ4n) is 3.57. The number of anilines is 1. The zero-order valence-electron chi connectivity index (χ0n) is 15.6. The van der Waals surface area contributed by atoms with Crippen LogP contribution in [0.4, 0.5) is 5.69 Å². The van der Waals surface area contributed by atoms with Crippen LogP contribution in [0, 0.1) is 6.92 Å². The van der Waals surface area contributed by atoms with E-state index in [1.165, 1.54) is 4.31 Å². The number of rotatable bonds is 6. The van der Waals surface area contributed by atoms with Crippen molar-refractivity contribution < 1.29 is 13.2 Å². The van der Waals surface area contributed by atoms with Crippen LogP contribution in [-0.4, -0.2) is 31.2 Å². The monoisotopic (exact) mass is 386 g/mol. The average Bonchev–Trinajstić information content (AvgIpc) is 2.67. The molecule has 27 heavy (non-hydrogen) atoms. The van der Waals surface area contributed by atoms with E-state index in [0.29, 0.717) is 5.69 Å². The van der Waals surface area contributed by atoms with Gasteiger partial charge < -0.3 is 5.32 Å². The fourth-order valence-corrected chi connectivity index (χ4v) is 5.23. The van der Waals surface area contributed by atoms with Crippen LogP contribution in [0.2, 0.25) is 0 Å². The molecule has 0 atom stereocenters. The summed E-state index contributed by atoms with van der Waals surface area (Å²) in [5.41, 5.74) is 1.72. The summed E-state index contributed by atoms with van der Waals surface area (Å²) in [6.45, 7) is 1.78. The molecule has 6 heteroatoms. The Kier molecular flexibility index (Phi) is 6.29. The quantitative estimate of drug-likeness (QED) is 0.817. The highest BCUT2D eigenvalue weighted by Gasteiger charge is 2.33. The maximum Gasteiger partial charge on any atom is 0.243 e. The van der Waals surface area contributed by atoms with Gasteiger partial charge in [0.15, 0.2) is 0 Å². The molecule has 144 valence electrons. The first-order valence-electron chi connectivity index (χ1n) is 9.40. The molecule has 0 saturated heterocycles. The molecule has 0 radical (unpaired) electrons. The Labute approximate surface area is 161 Å². The van der Waals surface area contributed by atoms with Crippen LogP contribution < -0.4 is 5.32 Å². The second-order valence-electron chi connectivity index (χ2n) is 7.07. The Bertz CT molecular complexity index is 875. The molecule has 0 bridgehead atoms. The lowest BCUT2D eigenvalue weighted by Crippen LogP contribution is -2.45. The molecule has 1 amide bonds. The fraction of sp³-hybridized carbons (Fsp3) is 0.381. The highest BCUT2D eigenvalue weighted by Crippen LogP contribution is 2.27. The number of hydrogen-bond donors (Lipinski definition) is 1. The van der Waals surface area contributed by atoms with Crippen molar-refractivity contribution in [3.05, 3.63) is 60.2 Å². The number of hydrogen-bond acceptors (Lipinski definition) is 3. The minimum atomic E-state index is -3.72. The molecule has 2 aromatic rings. The SMILES string of the molecule is Cc1cccc(NC(=O)CN(C2CCCCC2)S(=O)(=O)c2ccccc2)c1. The van der Waals surface area contributed by atoms with Gasteiger partial charge in [-0.15, -0.1) is 0 Å². The number of nitrogens with zero attached hydrogens (tertiary/aromatic N) is 1. The second kappa shape index (κ2) is 8.67. The van der Waals surface area contributed by atoms with Gasteiger partial charge in [0.05, 0.1) is 11.4 Å². The zero-order chi connectivity index (χ0) is 19.3. The summed E-state index contributed by atoms with van der Waals surface area (Å²) >= 11 is 0. The number of nitrogens with one attached hydrogen (secondary N) is 1. The number of carbonyl (C=O) groups excluding carboxylic acids is 1. The zero-order valence-corrected chi connectivity index (χ0v) is 16.4. The van der Waals surface area contributed by atoms with Gasteiger partial charge >= 0.3 is 0 Å². The molecule has 1 aliphatic rings. The molecule has 3 rings (SSSR count). The smallest absolute Gasteiger partial charge is 0.243 e. The Balaban J connectivity index is 1.82. The third-order valence-electron chi connectivity index (χ3n) is 4.93. The first-order chi connectivity index (χ1) is 13.0. The third kappa shape index (κ3) is 4.96. The van der Waals surface area contributed by atoms with Crippen molar-refractivity contribution in [2.24, 2.45) is 0 Å². The normalized spacial score (nSPS) is 15.6. The summed E-state index contributed by atoms with van der Waals surface area (Å²) in [5.74, 6) is -0.314. The topological polar surface area (TPSA) is 66.5 Å². The highest BCUT2D eigenvalue weighted by molar-refractivity contribution is 7.89. The maximum absolute atomic E-state index is 13.2. The van der Waals surface area contributed by atoms with Gasteiger partial charge in [-0.2, -0.15) is 4.31 Å². The van der Waals surface area contributed by atoms with Crippen molar-refractivity contribution in [3.63, 3.8) is 0 Å². The number of benzene rings is 2. The lowest BCUT2D eigenvalue weighted by molar-refractivity contribution is -0.116. The Hall–Kier alpha value is -2.18. The van der Waals surface area contributed by atoms with Crippen LogP contribution in [0.5, 0.6) is 0 Å². The van der Waals surface area contributed by atoms with Gasteiger partial charge in [-0.05, 0) is 49.6 Å². The van der Waals surface area contributed by atoms with Crippen LogP contribution in [0.15, 0.2) is 59.5 Å². The predicted octanol–water partition coefficient (Wildman–Crippen LogP) is 3.96. The molecule has 5 nitrogen and oxygen atoms in total. The first-order valence-corrected chi connectivity index (χ1v) is 10.8. The number of aryl methyl sites for hydroxylation is 1. The van der Waals surface area contributed by atoms with Crippen molar-refractivity contribution in [2.75, 3.05) is 11.9 Å². The summed E-state index contributed by atoms with van der Waals surface area (Å²) in [6, 6.07) is 15.7. The Morgan fingerprint density at radius 1 is 1.04 bits per heavy atom. The lowest BCUT2D eigenvalue weighted by Gasteiger charge is -2.33. The van der Waals surface area contributed by atoms with E-state index < -0.39 is 10.0 Å². The molecule has 1 saturated carbocycles. The first kappa shape index (κ1) is 19.6. The predicted molar refractivity (Wildman–Crippen MR) is 107 cm³/mol. The van der Waals surface area contributed by atoms with Gasteiger partial charge in [-0.1, -0.05) is 49.6 Å². The summed E-state index contributed by atoms with van der Waals surface area (Å²) in [6.07, 6.45) is 4.69. The lowest BCUT2D eigenvalue weighted by atomic mass is 9.95. The van der Waals surface area contributed by atoms with Crippen molar-refractivity contribution in [3.8, 4) is 0 Å². The van der Waals surface area contributed by atoms with E-state index in [-0.39, 0.29) is 23.4 Å². The van der Waals surface area contributed by atoms with E-state index in [1.54, 1.807) is 30.3 Å². The molecule has 0 spiro atoms. The van der Waals surface area contributed by atoms with Gasteiger partial charge in [0, 0.05) is 11.7 Å². The Morgan fingerprint density at radius 3 is 2.41 bits per heavy atom. The van der Waals surface area contributed by atoms with Crippen molar-refractivity contribution in [1.82, 2.24) is 4.31 Å². The Morgan fingerprint density at radius 2 is 1.74 bits per heavy atom. The molecule has 1 fully saturated rings. The average molecular weight is 387 g/mol. The van der Waals surface area contributed by atoms with Gasteiger partial charge in [0.2, 0.25) is 15.9 Å². The van der Waals surface area contributed by atoms with Crippen molar-refractivity contribution in [1.29, 1.82) is 0 Å². The van der Waals surface area contributed by atoms with Crippen LogP contribution in [0.1, 0.15) is 37.7 Å². The molecule has 1 aliphatic carbocycles. The van der Waals surface area contributed by atoms with Crippen LogP contribution in [-0.2, 0) is 14.8 Å². The van der Waals surface area contributed by atoms with Crippen molar-refractivity contribution in [2.45, 2.75) is 50.0 Å². The summed E-state index contributed by atoms with van der Waals surface area (Å²) in [7, 11) is -3.72. The molecule has 0 unspecified atom stereocenters. The van der Waals surface area contributed by atoms with Crippen LogP contribution >= 0.6 is 0 Å². The van der Waals surface area contributed by atoms with Gasteiger partial charge in [-0.3, -0.25) is 4.79 Å². The minimum Gasteiger partial charge on any atom is -0.325 e. The molecular formula is C21H26N2O3S. The molecule has 0 aliphatic heterocycles. The maximum atomic E-state index is 13.2. The molecule has 0 aromatic heterocycles. The summed E-state index contributed by atoms with van der Waals surface area (Å²) in [4.78, 5) is 12.9. The third-order valence-corrected chi connectivity index (χ3v) is 6.85. The number of amides is 1. The van der Waals surface area contributed by atoms with E-state index in [4.69, 9.17) is 0 Å². The largest absolute Gasteiger partial charge is 0.325 e. The molecule has 2 aromatic carbocycles. The van der Waals surface area contributed by atoms with Crippen LogP contribution in [0.25, 0.3) is 0 Å². The van der Waals surface area contributed by atoms with E-state index in [2.05, 4.69) is 5.32 Å². The van der Waals surface area contributed by atoms with E-state index >= 15 is 0 Å². The molecule has 1 N–H and O–H groups in total. The van der Waals surface area contributed by atoms with Gasteiger partial charge in [0.1, 0.15) is 0 Å². The van der Waals surface area contributed by atoms with E-state index in [0.717, 1.165) is 37.7 Å². The van der Waals surface area contributed by atoms with E-state index in [9.17, 15) is 13.2 Å². The number of carbonyl (C=O) groups is 1. The van der Waals surface area contributed by atoms with Crippen molar-refractivity contribution >= 4 is 21.6 Å². The summed E-state index contributed by atoms with van der Waals surface area (Å²) < 4.78 is 27.8.